The molecule has 0 bridgehead atoms. The minimum absolute atomic E-state index is 0.00973. The maximum absolute atomic E-state index is 13.8. The summed E-state index contributed by atoms with van der Waals surface area (Å²) in [7, 11) is -4.04. The van der Waals surface area contributed by atoms with Gasteiger partial charge in [-0.1, -0.05) is 83.1 Å². The largest absolute Gasteiger partial charge is 0.399 e. The van der Waals surface area contributed by atoms with Crippen LogP contribution in [-0.2, 0) is 32.6 Å². The number of anilines is 1. The predicted octanol–water partition coefficient (Wildman–Crippen LogP) is 3.46. The second kappa shape index (κ2) is 16.8. The van der Waals surface area contributed by atoms with Gasteiger partial charge in [-0.05, 0) is 59.2 Å². The molecular formula is C35H48FN5O5S. The van der Waals surface area contributed by atoms with Crippen molar-refractivity contribution < 1.29 is 27.5 Å². The fraction of sp³-hybridized carbons (Fsp3) is 0.429. The highest BCUT2D eigenvalue weighted by Gasteiger charge is 2.36. The van der Waals surface area contributed by atoms with Crippen LogP contribution in [0.2, 0.25) is 0 Å². The summed E-state index contributed by atoms with van der Waals surface area (Å²) in [5.74, 6) is -1.40. The molecule has 0 aliphatic rings. The summed E-state index contributed by atoms with van der Waals surface area (Å²) in [5.41, 5.74) is 6.95. The van der Waals surface area contributed by atoms with Crippen molar-refractivity contribution in [2.24, 2.45) is 11.3 Å². The standard InChI is InChI=1S/C35H48FN5O5S/c1-24(2)22-41(47(45,46)29-16-10-15-28(37)19-29)23-31(42)30(18-25-11-7-6-8-12-25)39-34(44)33(35(3,4)5)40-32(43)21-38-20-26-13-9-14-27(36)17-26/h6-17,19,24,30-31,33,38,42H,18,20-23,37H2,1-5H3,(H,39,44)(H,40,43)/t30-,31-,33+/m0/s1. The summed E-state index contributed by atoms with van der Waals surface area (Å²) >= 11 is 0. The predicted molar refractivity (Wildman–Crippen MR) is 182 cm³/mol. The van der Waals surface area contributed by atoms with Gasteiger partial charge in [-0.25, -0.2) is 12.8 Å². The quantitative estimate of drug-likeness (QED) is 0.147. The molecule has 47 heavy (non-hydrogen) atoms. The maximum Gasteiger partial charge on any atom is 0.243 e. The number of nitrogens with one attached hydrogen (secondary N) is 3. The van der Waals surface area contributed by atoms with Crippen molar-refractivity contribution in [3.8, 4) is 0 Å². The van der Waals surface area contributed by atoms with Crippen LogP contribution in [0.4, 0.5) is 10.1 Å². The second-order valence-electron chi connectivity index (χ2n) is 13.3. The molecule has 3 aromatic carbocycles. The first-order chi connectivity index (χ1) is 22.1. The van der Waals surface area contributed by atoms with Crippen LogP contribution in [0.5, 0.6) is 0 Å². The van der Waals surface area contributed by atoms with Crippen molar-refractivity contribution in [1.82, 2.24) is 20.3 Å². The third-order valence-electron chi connectivity index (χ3n) is 7.48. The molecule has 3 aromatic rings. The van der Waals surface area contributed by atoms with Crippen molar-refractivity contribution in [3.05, 3.63) is 95.8 Å². The average molecular weight is 670 g/mol. The van der Waals surface area contributed by atoms with Crippen LogP contribution in [0.3, 0.4) is 0 Å². The number of aliphatic hydroxyl groups excluding tert-OH is 1. The van der Waals surface area contributed by atoms with Gasteiger partial charge in [0.2, 0.25) is 21.8 Å². The van der Waals surface area contributed by atoms with Gasteiger partial charge in [-0.2, -0.15) is 4.31 Å². The first-order valence-electron chi connectivity index (χ1n) is 15.7. The van der Waals surface area contributed by atoms with Gasteiger partial charge < -0.3 is 26.8 Å². The first-order valence-corrected chi connectivity index (χ1v) is 17.1. The zero-order chi connectivity index (χ0) is 34.8. The maximum atomic E-state index is 13.8. The van der Waals surface area contributed by atoms with Crippen LogP contribution in [0.25, 0.3) is 0 Å². The Bertz CT molecular complexity index is 1580. The number of benzene rings is 3. The Kier molecular flexibility index (Phi) is 13.5. The number of nitrogens with zero attached hydrogens (tertiary/aromatic N) is 1. The van der Waals surface area contributed by atoms with Gasteiger partial charge in [-0.15, -0.1) is 0 Å². The van der Waals surface area contributed by atoms with E-state index in [0.29, 0.717) is 11.3 Å². The SMILES string of the molecule is CC(C)CN(C[C@H](O)[C@H](Cc1ccccc1)NC(=O)[C@@H](NC(=O)CNCc1cccc(F)c1)C(C)(C)C)S(=O)(=O)c1cccc(N)c1. The number of hydrogen-bond acceptors (Lipinski definition) is 7. The highest BCUT2D eigenvalue weighted by Crippen LogP contribution is 2.23. The third-order valence-corrected chi connectivity index (χ3v) is 9.31. The van der Waals surface area contributed by atoms with Crippen LogP contribution in [0, 0.1) is 17.2 Å². The van der Waals surface area contributed by atoms with E-state index in [1.54, 1.807) is 24.3 Å². The van der Waals surface area contributed by atoms with Crippen molar-refractivity contribution in [2.45, 2.75) is 70.7 Å². The Labute approximate surface area is 278 Å². The minimum Gasteiger partial charge on any atom is -0.399 e. The number of carbonyl (C=O) groups excluding carboxylic acids is 2. The van der Waals surface area contributed by atoms with Crippen molar-refractivity contribution in [1.29, 1.82) is 0 Å². The van der Waals surface area contributed by atoms with Gasteiger partial charge in [0.15, 0.2) is 0 Å². The Balaban J connectivity index is 1.81. The van der Waals surface area contributed by atoms with E-state index in [-0.39, 0.29) is 49.2 Å². The highest BCUT2D eigenvalue weighted by atomic mass is 32.2. The van der Waals surface area contributed by atoms with Crippen LogP contribution in [0.1, 0.15) is 45.7 Å². The van der Waals surface area contributed by atoms with Gasteiger partial charge in [0.25, 0.3) is 0 Å². The molecule has 12 heteroatoms. The molecule has 0 saturated heterocycles. The van der Waals surface area contributed by atoms with Crippen LogP contribution in [-0.4, -0.2) is 67.5 Å². The number of halogens is 1. The summed E-state index contributed by atoms with van der Waals surface area (Å²) in [6.07, 6.45) is -1.10. The summed E-state index contributed by atoms with van der Waals surface area (Å²) < 4.78 is 42.2. The monoisotopic (exact) mass is 669 g/mol. The molecule has 2 amide bonds. The lowest BCUT2D eigenvalue weighted by molar-refractivity contribution is -0.132. The minimum atomic E-state index is -4.04. The number of carbonyl (C=O) groups is 2. The van der Waals surface area contributed by atoms with Gasteiger partial charge in [0, 0.05) is 25.3 Å². The van der Waals surface area contributed by atoms with E-state index in [0.717, 1.165) is 5.56 Å². The third kappa shape index (κ3) is 11.7. The fourth-order valence-electron chi connectivity index (χ4n) is 5.11. The number of aliphatic hydroxyl groups is 1. The molecule has 0 aliphatic carbocycles. The zero-order valence-corrected chi connectivity index (χ0v) is 28.6. The number of nitrogen functional groups attached to an aromatic ring is 1. The molecule has 0 aliphatic heterocycles. The molecule has 256 valence electrons. The molecular weight excluding hydrogens is 621 g/mol. The van der Waals surface area contributed by atoms with Gasteiger partial charge >= 0.3 is 0 Å². The summed E-state index contributed by atoms with van der Waals surface area (Å²) in [6.45, 7) is 9.16. The first kappa shape index (κ1) is 37.6. The normalized spacial score (nSPS) is 14.1. The van der Waals surface area contributed by atoms with E-state index in [1.165, 1.54) is 28.6 Å². The molecule has 3 rings (SSSR count). The fourth-order valence-corrected chi connectivity index (χ4v) is 6.79. The lowest BCUT2D eigenvalue weighted by Gasteiger charge is -2.34. The van der Waals surface area contributed by atoms with E-state index in [4.69, 9.17) is 5.73 Å². The van der Waals surface area contributed by atoms with E-state index in [2.05, 4.69) is 16.0 Å². The lowest BCUT2D eigenvalue weighted by Crippen LogP contribution is -2.59. The Morgan fingerprint density at radius 3 is 2.19 bits per heavy atom. The molecule has 0 aromatic heterocycles. The molecule has 0 spiro atoms. The lowest BCUT2D eigenvalue weighted by atomic mass is 9.85. The van der Waals surface area contributed by atoms with Gasteiger partial charge in [0.1, 0.15) is 11.9 Å². The molecule has 0 saturated carbocycles. The molecule has 0 radical (unpaired) electrons. The molecule has 3 atom stereocenters. The van der Waals surface area contributed by atoms with Gasteiger partial charge in [0.05, 0.1) is 23.6 Å². The number of rotatable bonds is 16. The van der Waals surface area contributed by atoms with E-state index >= 15 is 0 Å². The number of amides is 2. The highest BCUT2D eigenvalue weighted by molar-refractivity contribution is 7.89. The molecule has 6 N–H and O–H groups in total. The average Bonchev–Trinajstić information content (AvgIpc) is 2.99. The van der Waals surface area contributed by atoms with Crippen molar-refractivity contribution >= 4 is 27.5 Å². The van der Waals surface area contributed by atoms with Crippen LogP contribution < -0.4 is 21.7 Å². The van der Waals surface area contributed by atoms with Crippen LogP contribution in [0.15, 0.2) is 83.8 Å². The topological polar surface area (TPSA) is 154 Å². The Morgan fingerprint density at radius 1 is 0.915 bits per heavy atom. The Morgan fingerprint density at radius 2 is 1.57 bits per heavy atom. The number of nitrogens with two attached hydrogens (primary N) is 1. The Hall–Kier alpha value is -3.84. The number of sulfonamides is 1. The second-order valence-corrected chi connectivity index (χ2v) is 15.2. The van der Waals surface area contributed by atoms with E-state index < -0.39 is 45.4 Å². The molecule has 0 unspecified atom stereocenters. The van der Waals surface area contributed by atoms with Crippen LogP contribution >= 0.6 is 0 Å². The summed E-state index contributed by atoms with van der Waals surface area (Å²) in [6, 6.07) is 19.4. The smallest absolute Gasteiger partial charge is 0.243 e. The zero-order valence-electron chi connectivity index (χ0n) is 27.7. The van der Waals surface area contributed by atoms with E-state index in [9.17, 15) is 27.5 Å². The summed E-state index contributed by atoms with van der Waals surface area (Å²) in [5, 5.41) is 20.3. The van der Waals surface area contributed by atoms with E-state index in [1.807, 2.05) is 65.0 Å². The van der Waals surface area contributed by atoms with Crippen molar-refractivity contribution in [3.63, 3.8) is 0 Å². The molecule has 0 heterocycles. The summed E-state index contributed by atoms with van der Waals surface area (Å²) in [4.78, 5) is 26.8. The van der Waals surface area contributed by atoms with Gasteiger partial charge in [-0.3, -0.25) is 9.59 Å². The molecule has 0 fully saturated rings. The van der Waals surface area contributed by atoms with Crippen molar-refractivity contribution in [2.75, 3.05) is 25.4 Å². The number of hydrogen-bond donors (Lipinski definition) is 5. The molecule has 10 nitrogen and oxygen atoms in total.